The molecule has 2 saturated heterocycles. The van der Waals surface area contributed by atoms with E-state index in [0.717, 1.165) is 19.5 Å². The Kier molecular flexibility index (Phi) is 3.68. The second kappa shape index (κ2) is 5.62. The van der Waals surface area contributed by atoms with Gasteiger partial charge in [-0.2, -0.15) is 0 Å². The zero-order chi connectivity index (χ0) is 13.9. The molecule has 1 atom stereocenters. The largest absolute Gasteiger partial charge is 0.409 e. The van der Waals surface area contributed by atoms with Crippen molar-refractivity contribution in [3.8, 4) is 0 Å². The summed E-state index contributed by atoms with van der Waals surface area (Å²) in [4.78, 5) is 13.3. The molecule has 20 heavy (non-hydrogen) atoms. The van der Waals surface area contributed by atoms with Crippen molar-refractivity contribution in [2.75, 3.05) is 31.1 Å². The maximum Gasteiger partial charge on any atom is 0.192 e. The third-order valence-corrected chi connectivity index (χ3v) is 4.15. The van der Waals surface area contributed by atoms with Gasteiger partial charge in [-0.3, -0.25) is 4.90 Å². The first-order valence-corrected chi connectivity index (χ1v) is 7.07. The summed E-state index contributed by atoms with van der Waals surface area (Å²) in [5, 5.41) is 11.9. The lowest BCUT2D eigenvalue weighted by Crippen LogP contribution is -2.36. The lowest BCUT2D eigenvalue weighted by molar-refractivity contribution is 0.260. The van der Waals surface area contributed by atoms with Crippen LogP contribution < -0.4 is 10.6 Å². The molecule has 0 bridgehead atoms. The van der Waals surface area contributed by atoms with Crippen LogP contribution in [0.5, 0.6) is 0 Å². The molecular formula is C13H20N6O. The normalized spacial score (nSPS) is 24.5. The van der Waals surface area contributed by atoms with Crippen molar-refractivity contribution in [1.82, 2.24) is 14.9 Å². The Morgan fingerprint density at radius 3 is 2.75 bits per heavy atom. The highest BCUT2D eigenvalue weighted by molar-refractivity contribution is 5.99. The molecule has 0 amide bonds. The van der Waals surface area contributed by atoms with Gasteiger partial charge in [0.2, 0.25) is 0 Å². The average Bonchev–Trinajstić information content (AvgIpc) is 3.17. The Morgan fingerprint density at radius 1 is 1.25 bits per heavy atom. The van der Waals surface area contributed by atoms with Crippen LogP contribution in [0.3, 0.4) is 0 Å². The molecule has 3 rings (SSSR count). The molecule has 2 aliphatic heterocycles. The van der Waals surface area contributed by atoms with Gasteiger partial charge in [-0.15, -0.1) is 0 Å². The molecule has 108 valence electrons. The van der Waals surface area contributed by atoms with Crippen molar-refractivity contribution >= 4 is 11.7 Å². The first-order valence-electron chi connectivity index (χ1n) is 7.07. The third kappa shape index (κ3) is 2.40. The second-order valence-electron chi connectivity index (χ2n) is 5.35. The van der Waals surface area contributed by atoms with Crippen molar-refractivity contribution in [1.29, 1.82) is 0 Å². The average molecular weight is 276 g/mol. The van der Waals surface area contributed by atoms with Crippen LogP contribution in [-0.2, 0) is 0 Å². The number of oxime groups is 1. The maximum atomic E-state index is 8.85. The first-order chi connectivity index (χ1) is 9.79. The Labute approximate surface area is 118 Å². The summed E-state index contributed by atoms with van der Waals surface area (Å²) in [5.74, 6) is 0.724. The van der Waals surface area contributed by atoms with Crippen LogP contribution in [-0.4, -0.2) is 58.1 Å². The summed E-state index contributed by atoms with van der Waals surface area (Å²) in [6.45, 7) is 4.27. The highest BCUT2D eigenvalue weighted by Gasteiger charge is 2.31. The van der Waals surface area contributed by atoms with Gasteiger partial charge in [0.05, 0.1) is 0 Å². The van der Waals surface area contributed by atoms with Crippen molar-refractivity contribution in [3.63, 3.8) is 0 Å². The lowest BCUT2D eigenvalue weighted by atomic mass is 10.2. The third-order valence-electron chi connectivity index (χ3n) is 4.15. The van der Waals surface area contributed by atoms with E-state index in [-0.39, 0.29) is 5.84 Å². The van der Waals surface area contributed by atoms with E-state index >= 15 is 0 Å². The van der Waals surface area contributed by atoms with E-state index in [0.29, 0.717) is 17.6 Å². The molecule has 0 spiro atoms. The Morgan fingerprint density at radius 2 is 2.00 bits per heavy atom. The molecule has 2 aliphatic rings. The number of nitrogens with zero attached hydrogens (tertiary/aromatic N) is 5. The van der Waals surface area contributed by atoms with E-state index < -0.39 is 0 Å². The lowest BCUT2D eigenvalue weighted by Gasteiger charge is -2.24. The van der Waals surface area contributed by atoms with Crippen LogP contribution in [0.2, 0.25) is 0 Å². The fourth-order valence-electron chi connectivity index (χ4n) is 3.13. The monoisotopic (exact) mass is 276 g/mol. The fourth-order valence-corrected chi connectivity index (χ4v) is 3.13. The van der Waals surface area contributed by atoms with E-state index in [9.17, 15) is 0 Å². The highest BCUT2D eigenvalue weighted by Crippen LogP contribution is 2.25. The maximum absolute atomic E-state index is 8.85. The molecule has 0 aromatic carbocycles. The number of rotatable bonds is 3. The summed E-state index contributed by atoms with van der Waals surface area (Å²) in [5.41, 5.74) is 6.14. The van der Waals surface area contributed by atoms with Crippen LogP contribution in [0, 0.1) is 0 Å². The van der Waals surface area contributed by atoms with Gasteiger partial charge < -0.3 is 15.8 Å². The first kappa shape index (κ1) is 13.1. The number of hydrogen-bond acceptors (Lipinski definition) is 6. The van der Waals surface area contributed by atoms with Crippen molar-refractivity contribution in [3.05, 3.63) is 18.1 Å². The number of anilines is 1. The Hall–Kier alpha value is -1.89. The quantitative estimate of drug-likeness (QED) is 0.356. The number of likely N-dealkylation sites (tertiary alicyclic amines) is 1. The van der Waals surface area contributed by atoms with Gasteiger partial charge >= 0.3 is 0 Å². The summed E-state index contributed by atoms with van der Waals surface area (Å²) in [6, 6.07) is 0.583. The smallest absolute Gasteiger partial charge is 0.192 e. The SMILES string of the molecule is NC(=NO)c1nccnc1N1CCC(N2CCCC2)C1. The van der Waals surface area contributed by atoms with Crippen LogP contribution in [0.25, 0.3) is 0 Å². The topological polar surface area (TPSA) is 90.9 Å². The van der Waals surface area contributed by atoms with Crippen LogP contribution in [0.1, 0.15) is 25.0 Å². The van der Waals surface area contributed by atoms with Crippen LogP contribution >= 0.6 is 0 Å². The van der Waals surface area contributed by atoms with Crippen molar-refractivity contribution in [2.45, 2.75) is 25.3 Å². The Bertz CT molecular complexity index is 499. The molecule has 1 aromatic rings. The van der Waals surface area contributed by atoms with Gasteiger partial charge in [0, 0.05) is 31.5 Å². The molecule has 1 aromatic heterocycles. The standard InChI is InChI=1S/C13H20N6O/c14-12(17-20)11-13(16-5-4-15-11)19-8-3-10(9-19)18-6-1-2-7-18/h4-5,10,20H,1-3,6-9H2,(H2,14,17). The number of hydrogen-bond donors (Lipinski definition) is 2. The van der Waals surface area contributed by atoms with Crippen molar-refractivity contribution in [2.24, 2.45) is 10.9 Å². The molecule has 1 unspecified atom stereocenters. The predicted octanol–water partition coefficient (Wildman–Crippen LogP) is 0.246. The number of amidine groups is 1. The van der Waals surface area contributed by atoms with E-state index in [1.54, 1.807) is 12.4 Å². The van der Waals surface area contributed by atoms with Gasteiger partial charge in [-0.1, -0.05) is 5.16 Å². The molecule has 0 saturated carbocycles. The number of aromatic nitrogens is 2. The minimum atomic E-state index is 0.0118. The van der Waals surface area contributed by atoms with Gasteiger partial charge in [0.25, 0.3) is 0 Å². The second-order valence-corrected chi connectivity index (χ2v) is 5.35. The van der Waals surface area contributed by atoms with Gasteiger partial charge in [-0.25, -0.2) is 9.97 Å². The Balaban J connectivity index is 1.77. The summed E-state index contributed by atoms with van der Waals surface area (Å²) >= 11 is 0. The van der Waals surface area contributed by atoms with Gasteiger partial charge in [0.15, 0.2) is 17.3 Å². The minimum Gasteiger partial charge on any atom is -0.409 e. The zero-order valence-electron chi connectivity index (χ0n) is 11.4. The highest BCUT2D eigenvalue weighted by atomic mass is 16.4. The molecular weight excluding hydrogens is 256 g/mol. The fraction of sp³-hybridized carbons (Fsp3) is 0.615. The molecule has 7 heteroatoms. The van der Waals surface area contributed by atoms with E-state index in [1.807, 2.05) is 0 Å². The molecule has 3 heterocycles. The zero-order valence-corrected chi connectivity index (χ0v) is 11.4. The van der Waals surface area contributed by atoms with Gasteiger partial charge in [0.1, 0.15) is 0 Å². The molecule has 0 radical (unpaired) electrons. The van der Waals surface area contributed by atoms with Crippen molar-refractivity contribution < 1.29 is 5.21 Å². The molecule has 7 nitrogen and oxygen atoms in total. The van der Waals surface area contributed by atoms with Gasteiger partial charge in [-0.05, 0) is 32.4 Å². The summed E-state index contributed by atoms with van der Waals surface area (Å²) < 4.78 is 0. The molecule has 3 N–H and O–H groups in total. The van der Waals surface area contributed by atoms with Crippen LogP contribution in [0.15, 0.2) is 17.5 Å². The number of nitrogens with two attached hydrogens (primary N) is 1. The summed E-state index contributed by atoms with van der Waals surface area (Å²) in [7, 11) is 0. The van der Waals surface area contributed by atoms with E-state index in [1.165, 1.54) is 25.9 Å². The predicted molar refractivity (Wildman–Crippen MR) is 76.0 cm³/mol. The van der Waals surface area contributed by atoms with E-state index in [2.05, 4.69) is 24.9 Å². The summed E-state index contributed by atoms with van der Waals surface area (Å²) in [6.07, 6.45) is 6.94. The molecule has 0 aliphatic carbocycles. The minimum absolute atomic E-state index is 0.0118. The van der Waals surface area contributed by atoms with E-state index in [4.69, 9.17) is 10.9 Å². The molecule has 2 fully saturated rings. The van der Waals surface area contributed by atoms with Crippen LogP contribution in [0.4, 0.5) is 5.82 Å².